The number of rotatable bonds is 7. The van der Waals surface area contributed by atoms with E-state index >= 15 is 0 Å². The fourth-order valence-electron chi connectivity index (χ4n) is 3.90. The van der Waals surface area contributed by atoms with Gasteiger partial charge in [0, 0.05) is 24.4 Å². The van der Waals surface area contributed by atoms with Crippen molar-refractivity contribution in [1.82, 2.24) is 19.7 Å². The Morgan fingerprint density at radius 2 is 1.75 bits per heavy atom. The van der Waals surface area contributed by atoms with Crippen LogP contribution in [0.4, 0.5) is 5.95 Å². The average Bonchev–Trinajstić information content (AvgIpc) is 3.51. The van der Waals surface area contributed by atoms with E-state index in [9.17, 15) is 0 Å². The van der Waals surface area contributed by atoms with Crippen molar-refractivity contribution >= 4 is 17.7 Å². The van der Waals surface area contributed by atoms with Crippen molar-refractivity contribution < 1.29 is 9.15 Å². The van der Waals surface area contributed by atoms with E-state index in [0.29, 0.717) is 11.6 Å². The zero-order valence-electron chi connectivity index (χ0n) is 18.0. The van der Waals surface area contributed by atoms with E-state index in [-0.39, 0.29) is 0 Å². The van der Waals surface area contributed by atoms with Crippen LogP contribution in [0, 0.1) is 0 Å². The molecule has 5 rings (SSSR count). The minimum Gasteiger partial charge on any atom is -0.495 e. The molecule has 1 saturated heterocycles. The summed E-state index contributed by atoms with van der Waals surface area (Å²) in [5.74, 6) is 2.91. The number of thioether (sulfide) groups is 1. The maximum atomic E-state index is 5.70. The number of piperidine rings is 1. The highest BCUT2D eigenvalue weighted by Gasteiger charge is 2.23. The largest absolute Gasteiger partial charge is 0.495 e. The van der Waals surface area contributed by atoms with Gasteiger partial charge >= 0.3 is 0 Å². The summed E-state index contributed by atoms with van der Waals surface area (Å²) in [6, 6.07) is 17.9. The number of nitrogens with zero attached hydrogens (tertiary/aromatic N) is 5. The molecule has 0 spiro atoms. The van der Waals surface area contributed by atoms with Crippen molar-refractivity contribution in [2.24, 2.45) is 0 Å². The first-order valence-electron chi connectivity index (χ1n) is 10.8. The lowest BCUT2D eigenvalue weighted by atomic mass is 10.1. The molecule has 0 N–H and O–H groups in total. The van der Waals surface area contributed by atoms with E-state index in [2.05, 4.69) is 24.6 Å². The number of oxazole rings is 1. The van der Waals surface area contributed by atoms with E-state index < -0.39 is 0 Å². The summed E-state index contributed by atoms with van der Waals surface area (Å²) in [5.41, 5.74) is 2.77. The van der Waals surface area contributed by atoms with Gasteiger partial charge in [-0.15, -0.1) is 10.2 Å². The van der Waals surface area contributed by atoms with Crippen LogP contribution in [0.1, 0.15) is 25.0 Å². The third-order valence-electron chi connectivity index (χ3n) is 5.50. The first-order valence-corrected chi connectivity index (χ1v) is 11.8. The molecular formula is C24H25N5O2S. The molecule has 0 aliphatic carbocycles. The summed E-state index contributed by atoms with van der Waals surface area (Å²) in [6.07, 6.45) is 5.31. The third-order valence-corrected chi connectivity index (χ3v) is 6.47. The van der Waals surface area contributed by atoms with Crippen molar-refractivity contribution in [1.29, 1.82) is 0 Å². The molecule has 0 amide bonds. The number of ether oxygens (including phenoxy) is 1. The van der Waals surface area contributed by atoms with Crippen LogP contribution in [0.5, 0.6) is 5.75 Å². The van der Waals surface area contributed by atoms with Gasteiger partial charge in [0.1, 0.15) is 12.0 Å². The Labute approximate surface area is 191 Å². The van der Waals surface area contributed by atoms with E-state index in [1.165, 1.54) is 19.3 Å². The fraction of sp³-hybridized carbons (Fsp3) is 0.292. The zero-order valence-corrected chi connectivity index (χ0v) is 18.8. The normalized spacial score (nSPS) is 14.0. The van der Waals surface area contributed by atoms with Crippen LogP contribution < -0.4 is 9.64 Å². The van der Waals surface area contributed by atoms with E-state index in [1.54, 1.807) is 25.1 Å². The Bertz CT molecular complexity index is 1170. The van der Waals surface area contributed by atoms with Crippen molar-refractivity contribution in [3.05, 3.63) is 66.6 Å². The second-order valence-electron chi connectivity index (χ2n) is 7.64. The van der Waals surface area contributed by atoms with Crippen molar-refractivity contribution in [2.75, 3.05) is 25.1 Å². The number of methoxy groups -OCH3 is 1. The molecule has 1 fully saturated rings. The molecule has 0 saturated carbocycles. The monoisotopic (exact) mass is 447 g/mol. The number of benzene rings is 2. The lowest BCUT2D eigenvalue weighted by molar-refractivity contribution is 0.412. The molecular weight excluding hydrogens is 422 g/mol. The fourth-order valence-corrected chi connectivity index (χ4v) is 4.72. The van der Waals surface area contributed by atoms with Gasteiger partial charge in [-0.25, -0.2) is 4.98 Å². The average molecular weight is 448 g/mol. The van der Waals surface area contributed by atoms with Gasteiger partial charge < -0.3 is 14.1 Å². The van der Waals surface area contributed by atoms with Gasteiger partial charge in [0.15, 0.2) is 5.16 Å². The zero-order chi connectivity index (χ0) is 21.8. The van der Waals surface area contributed by atoms with Gasteiger partial charge in [-0.2, -0.15) is 0 Å². The summed E-state index contributed by atoms with van der Waals surface area (Å²) < 4.78 is 13.4. The Hall–Kier alpha value is -3.26. The van der Waals surface area contributed by atoms with Gasteiger partial charge in [-0.05, 0) is 43.5 Å². The molecule has 0 atom stereocenters. The molecule has 4 aromatic rings. The quantitative estimate of drug-likeness (QED) is 0.360. The summed E-state index contributed by atoms with van der Waals surface area (Å²) >= 11 is 1.59. The third kappa shape index (κ3) is 4.23. The highest BCUT2D eigenvalue weighted by atomic mass is 32.2. The summed E-state index contributed by atoms with van der Waals surface area (Å²) in [7, 11) is 1.69. The second-order valence-corrected chi connectivity index (χ2v) is 8.58. The molecule has 7 nitrogen and oxygen atoms in total. The molecule has 0 unspecified atom stereocenters. The highest BCUT2D eigenvalue weighted by molar-refractivity contribution is 7.98. The molecule has 1 aliphatic heterocycles. The van der Waals surface area contributed by atoms with Crippen molar-refractivity contribution in [3.63, 3.8) is 0 Å². The number of hydrogen-bond acceptors (Lipinski definition) is 7. The van der Waals surface area contributed by atoms with Gasteiger partial charge in [0.25, 0.3) is 0 Å². The maximum absolute atomic E-state index is 5.70. The minimum atomic E-state index is 0.626. The molecule has 32 heavy (non-hydrogen) atoms. The van der Waals surface area contributed by atoms with E-state index in [4.69, 9.17) is 9.15 Å². The lowest BCUT2D eigenvalue weighted by Crippen LogP contribution is -2.31. The number of hydrogen-bond donors (Lipinski definition) is 0. The van der Waals surface area contributed by atoms with Gasteiger partial charge in [-0.1, -0.05) is 42.1 Å². The van der Waals surface area contributed by atoms with Crippen LogP contribution in [0.25, 0.3) is 17.1 Å². The molecule has 0 bridgehead atoms. The second kappa shape index (κ2) is 9.48. The molecule has 0 radical (unpaired) electrons. The smallest absolute Gasteiger partial charge is 0.232 e. The van der Waals surface area contributed by atoms with E-state index in [0.717, 1.165) is 46.9 Å². The van der Waals surface area contributed by atoms with Crippen LogP contribution >= 0.6 is 11.8 Å². The lowest BCUT2D eigenvalue weighted by Gasteiger charge is -2.28. The molecule has 3 heterocycles. The number of anilines is 1. The Morgan fingerprint density at radius 1 is 0.969 bits per heavy atom. The Balaban J connectivity index is 1.44. The molecule has 8 heteroatoms. The Morgan fingerprint density at radius 3 is 2.56 bits per heavy atom. The van der Waals surface area contributed by atoms with Gasteiger partial charge in [0.05, 0.1) is 18.5 Å². The minimum absolute atomic E-state index is 0.626. The predicted molar refractivity (Wildman–Crippen MR) is 125 cm³/mol. The summed E-state index contributed by atoms with van der Waals surface area (Å²) in [5, 5.41) is 9.92. The SMILES string of the molecule is COc1ccccc1-n1c(SCc2coc(-c3ccccc3)n2)nnc1N1CCCCC1. The first kappa shape index (κ1) is 20.6. The van der Waals surface area contributed by atoms with Crippen LogP contribution in [-0.2, 0) is 5.75 Å². The standard InChI is InChI=1S/C24H25N5O2S/c1-30-21-13-7-6-12-20(21)29-23(28-14-8-3-9-15-28)26-27-24(29)32-17-19-16-31-22(25-19)18-10-4-2-5-11-18/h2,4-7,10-13,16H,3,8-9,14-15,17H2,1H3. The summed E-state index contributed by atoms with van der Waals surface area (Å²) in [6.45, 7) is 1.98. The summed E-state index contributed by atoms with van der Waals surface area (Å²) in [4.78, 5) is 6.96. The molecule has 2 aromatic heterocycles. The molecule has 164 valence electrons. The van der Waals surface area contributed by atoms with Crippen LogP contribution in [-0.4, -0.2) is 39.9 Å². The number of para-hydroxylation sites is 2. The number of aromatic nitrogens is 4. The van der Waals surface area contributed by atoms with Crippen LogP contribution in [0.3, 0.4) is 0 Å². The van der Waals surface area contributed by atoms with Gasteiger partial charge in [-0.3, -0.25) is 4.57 Å². The van der Waals surface area contributed by atoms with Gasteiger partial charge in [0.2, 0.25) is 11.8 Å². The maximum Gasteiger partial charge on any atom is 0.232 e. The first-order chi connectivity index (χ1) is 15.8. The van der Waals surface area contributed by atoms with Crippen molar-refractivity contribution in [3.8, 4) is 22.9 Å². The Kier molecular flexibility index (Phi) is 6.11. The topological polar surface area (TPSA) is 69.2 Å². The highest BCUT2D eigenvalue weighted by Crippen LogP contribution is 2.34. The van der Waals surface area contributed by atoms with Crippen LogP contribution in [0.15, 0.2) is 70.4 Å². The predicted octanol–water partition coefficient (Wildman–Crippen LogP) is 5.21. The molecule has 1 aliphatic rings. The molecule has 2 aromatic carbocycles. The van der Waals surface area contributed by atoms with E-state index in [1.807, 2.05) is 54.6 Å². The van der Waals surface area contributed by atoms with Crippen molar-refractivity contribution in [2.45, 2.75) is 30.2 Å². The van der Waals surface area contributed by atoms with Crippen LogP contribution in [0.2, 0.25) is 0 Å².